The Bertz CT molecular complexity index is 1060. The topological polar surface area (TPSA) is 68.1 Å². The summed E-state index contributed by atoms with van der Waals surface area (Å²) in [5.74, 6) is 0.356. The van der Waals surface area contributed by atoms with Gasteiger partial charge in [-0.15, -0.1) is 0 Å². The molecule has 0 saturated heterocycles. The number of halogens is 1. The molecule has 3 aromatic carbocycles. The van der Waals surface area contributed by atoms with Crippen molar-refractivity contribution in [2.75, 3.05) is 7.11 Å². The van der Waals surface area contributed by atoms with Crippen molar-refractivity contribution in [1.82, 2.24) is 0 Å². The summed E-state index contributed by atoms with van der Waals surface area (Å²) in [4.78, 5) is 16.5. The van der Waals surface area contributed by atoms with Crippen molar-refractivity contribution in [3.8, 4) is 17.2 Å². The standard InChI is InChI=1S/C23H18ClNO4/c1-28-22-14-17(15-25-19-7-9-20(26)10-8-19)5-11-21(22)29-23(27)12-6-16-3-2-4-18(24)13-16/h2-15,26H,1H3. The molecule has 0 radical (unpaired) electrons. The van der Waals surface area contributed by atoms with E-state index in [0.29, 0.717) is 22.2 Å². The summed E-state index contributed by atoms with van der Waals surface area (Å²) < 4.78 is 10.7. The van der Waals surface area contributed by atoms with Crippen LogP contribution in [0.4, 0.5) is 5.69 Å². The molecule has 1 N–H and O–H groups in total. The highest BCUT2D eigenvalue weighted by Crippen LogP contribution is 2.28. The predicted molar refractivity (Wildman–Crippen MR) is 114 cm³/mol. The number of aromatic hydroxyl groups is 1. The van der Waals surface area contributed by atoms with Crippen LogP contribution in [0.25, 0.3) is 6.08 Å². The zero-order chi connectivity index (χ0) is 20.6. The van der Waals surface area contributed by atoms with E-state index >= 15 is 0 Å². The zero-order valence-corrected chi connectivity index (χ0v) is 16.3. The quantitative estimate of drug-likeness (QED) is 0.256. The molecule has 5 nitrogen and oxygen atoms in total. The second-order valence-electron chi connectivity index (χ2n) is 5.99. The van der Waals surface area contributed by atoms with Crippen LogP contribution in [0.3, 0.4) is 0 Å². The molecule has 0 spiro atoms. The lowest BCUT2D eigenvalue weighted by Gasteiger charge is -2.08. The molecule has 0 bridgehead atoms. The second kappa shape index (κ2) is 9.57. The molecule has 0 saturated carbocycles. The predicted octanol–water partition coefficient (Wildman–Crippen LogP) is 5.42. The molecule has 0 heterocycles. The van der Waals surface area contributed by atoms with Crippen LogP contribution < -0.4 is 9.47 Å². The van der Waals surface area contributed by atoms with E-state index in [9.17, 15) is 9.90 Å². The second-order valence-corrected chi connectivity index (χ2v) is 6.43. The summed E-state index contributed by atoms with van der Waals surface area (Å²) in [5.41, 5.74) is 2.26. The molecular weight excluding hydrogens is 390 g/mol. The van der Waals surface area contributed by atoms with Crippen molar-refractivity contribution in [3.63, 3.8) is 0 Å². The number of methoxy groups -OCH3 is 1. The van der Waals surface area contributed by atoms with Crippen molar-refractivity contribution < 1.29 is 19.4 Å². The van der Waals surface area contributed by atoms with E-state index in [-0.39, 0.29) is 5.75 Å². The summed E-state index contributed by atoms with van der Waals surface area (Å²) in [6.45, 7) is 0. The van der Waals surface area contributed by atoms with E-state index in [0.717, 1.165) is 11.1 Å². The van der Waals surface area contributed by atoms with Crippen molar-refractivity contribution in [1.29, 1.82) is 0 Å². The maximum absolute atomic E-state index is 12.1. The van der Waals surface area contributed by atoms with Gasteiger partial charge in [0, 0.05) is 17.3 Å². The van der Waals surface area contributed by atoms with Crippen LogP contribution in [-0.2, 0) is 4.79 Å². The van der Waals surface area contributed by atoms with Gasteiger partial charge >= 0.3 is 5.97 Å². The van der Waals surface area contributed by atoms with Crippen LogP contribution in [0.2, 0.25) is 5.02 Å². The number of esters is 1. The van der Waals surface area contributed by atoms with Crippen molar-refractivity contribution in [2.45, 2.75) is 0 Å². The van der Waals surface area contributed by atoms with Crippen LogP contribution in [0.15, 0.2) is 77.8 Å². The van der Waals surface area contributed by atoms with Crippen LogP contribution in [0.1, 0.15) is 11.1 Å². The molecule has 0 aliphatic rings. The lowest BCUT2D eigenvalue weighted by molar-refractivity contribution is -0.129. The zero-order valence-electron chi connectivity index (χ0n) is 15.6. The minimum absolute atomic E-state index is 0.182. The lowest BCUT2D eigenvalue weighted by atomic mass is 10.2. The molecule has 0 aliphatic carbocycles. The number of rotatable bonds is 6. The maximum Gasteiger partial charge on any atom is 0.336 e. The summed E-state index contributed by atoms with van der Waals surface area (Å²) in [6.07, 6.45) is 4.60. The normalized spacial score (nSPS) is 11.1. The Balaban J connectivity index is 1.69. The maximum atomic E-state index is 12.1. The molecule has 3 aromatic rings. The van der Waals surface area contributed by atoms with Gasteiger partial charge in [0.2, 0.25) is 0 Å². The third-order valence-electron chi connectivity index (χ3n) is 3.87. The first-order valence-electron chi connectivity index (χ1n) is 8.70. The number of aliphatic imine (C=N–C) groups is 1. The molecule has 146 valence electrons. The molecule has 0 amide bonds. The van der Waals surface area contributed by atoms with Gasteiger partial charge in [-0.05, 0) is 71.8 Å². The number of ether oxygens (including phenoxy) is 2. The van der Waals surface area contributed by atoms with Crippen LogP contribution in [-0.4, -0.2) is 24.4 Å². The molecule has 0 aromatic heterocycles. The number of phenols is 1. The van der Waals surface area contributed by atoms with Gasteiger partial charge in [0.15, 0.2) is 11.5 Å². The minimum atomic E-state index is -0.534. The van der Waals surface area contributed by atoms with Crippen molar-refractivity contribution >= 4 is 35.5 Å². The fraction of sp³-hybridized carbons (Fsp3) is 0.0435. The number of hydrogen-bond donors (Lipinski definition) is 1. The van der Waals surface area contributed by atoms with Gasteiger partial charge in [-0.2, -0.15) is 0 Å². The third kappa shape index (κ3) is 5.96. The Hall–Kier alpha value is -3.57. The number of phenolic OH excluding ortho intramolecular Hbond substituents is 1. The van der Waals surface area contributed by atoms with E-state index in [1.165, 1.54) is 13.2 Å². The molecule has 0 unspecified atom stereocenters. The smallest absolute Gasteiger partial charge is 0.336 e. The van der Waals surface area contributed by atoms with E-state index in [1.54, 1.807) is 73.0 Å². The van der Waals surface area contributed by atoms with Crippen LogP contribution >= 0.6 is 11.6 Å². The van der Waals surface area contributed by atoms with Crippen LogP contribution in [0.5, 0.6) is 17.2 Å². The first kappa shape index (κ1) is 20.2. The molecule has 29 heavy (non-hydrogen) atoms. The van der Waals surface area contributed by atoms with Gasteiger partial charge in [0.25, 0.3) is 0 Å². The summed E-state index contributed by atoms with van der Waals surface area (Å²) >= 11 is 5.93. The molecule has 0 fully saturated rings. The molecule has 0 atom stereocenters. The van der Waals surface area contributed by atoms with Gasteiger partial charge < -0.3 is 14.6 Å². The Kier molecular flexibility index (Phi) is 6.66. The number of carbonyl (C=O) groups is 1. The number of hydrogen-bond acceptors (Lipinski definition) is 5. The van der Waals surface area contributed by atoms with Gasteiger partial charge in [0.1, 0.15) is 5.75 Å². The highest BCUT2D eigenvalue weighted by atomic mass is 35.5. The SMILES string of the molecule is COc1cc(C=Nc2ccc(O)cc2)ccc1OC(=O)C=Cc1cccc(Cl)c1. The number of benzene rings is 3. The average molecular weight is 408 g/mol. The molecule has 6 heteroatoms. The highest BCUT2D eigenvalue weighted by Gasteiger charge is 2.08. The number of nitrogens with zero attached hydrogens (tertiary/aromatic N) is 1. The summed E-state index contributed by atoms with van der Waals surface area (Å²) in [7, 11) is 1.50. The Morgan fingerprint density at radius 3 is 2.52 bits per heavy atom. The lowest BCUT2D eigenvalue weighted by Crippen LogP contribution is -2.05. The van der Waals surface area contributed by atoms with E-state index in [1.807, 2.05) is 6.07 Å². The largest absolute Gasteiger partial charge is 0.508 e. The summed E-state index contributed by atoms with van der Waals surface area (Å²) in [5, 5.41) is 9.90. The number of carbonyl (C=O) groups excluding carboxylic acids is 1. The fourth-order valence-corrected chi connectivity index (χ4v) is 2.65. The Morgan fingerprint density at radius 1 is 1.00 bits per heavy atom. The van der Waals surface area contributed by atoms with Gasteiger partial charge in [-0.1, -0.05) is 23.7 Å². The minimum Gasteiger partial charge on any atom is -0.508 e. The molecule has 3 rings (SSSR count). The van der Waals surface area contributed by atoms with E-state index in [2.05, 4.69) is 4.99 Å². The Labute approximate surface area is 173 Å². The van der Waals surface area contributed by atoms with Gasteiger partial charge in [0.05, 0.1) is 12.8 Å². The van der Waals surface area contributed by atoms with E-state index < -0.39 is 5.97 Å². The molecule has 0 aliphatic heterocycles. The average Bonchev–Trinajstić information content (AvgIpc) is 2.72. The Morgan fingerprint density at radius 2 is 1.79 bits per heavy atom. The molecular formula is C23H18ClNO4. The van der Waals surface area contributed by atoms with Crippen LogP contribution in [0, 0.1) is 0 Å². The van der Waals surface area contributed by atoms with Gasteiger partial charge in [-0.25, -0.2) is 4.79 Å². The van der Waals surface area contributed by atoms with E-state index in [4.69, 9.17) is 21.1 Å². The monoisotopic (exact) mass is 407 g/mol. The third-order valence-corrected chi connectivity index (χ3v) is 4.11. The highest BCUT2D eigenvalue weighted by molar-refractivity contribution is 6.30. The first-order valence-corrected chi connectivity index (χ1v) is 9.08. The summed E-state index contributed by atoms with van der Waals surface area (Å²) in [6, 6.07) is 18.8. The fourth-order valence-electron chi connectivity index (χ4n) is 2.45. The van der Waals surface area contributed by atoms with Gasteiger partial charge in [-0.3, -0.25) is 4.99 Å². The van der Waals surface area contributed by atoms with Crippen molar-refractivity contribution in [3.05, 3.63) is 89.0 Å². The van der Waals surface area contributed by atoms with Crippen molar-refractivity contribution in [2.24, 2.45) is 4.99 Å². The first-order chi connectivity index (χ1) is 14.0.